The molecule has 0 bridgehead atoms. The molecule has 10 nitrogen and oxygen atoms in total. The Kier molecular flexibility index (Phi) is 10.6. The summed E-state index contributed by atoms with van der Waals surface area (Å²) in [4.78, 5) is 28.7. The Morgan fingerprint density at radius 3 is 2.10 bits per heavy atom. The predicted molar refractivity (Wildman–Crippen MR) is 182 cm³/mol. The number of amides is 2. The molecule has 48 heavy (non-hydrogen) atoms. The number of pyridine rings is 1. The third-order valence-electron chi connectivity index (χ3n) is 7.55. The van der Waals surface area contributed by atoms with Crippen molar-refractivity contribution in [2.75, 3.05) is 16.4 Å². The summed E-state index contributed by atoms with van der Waals surface area (Å²) in [7, 11) is 0. The summed E-state index contributed by atoms with van der Waals surface area (Å²) < 4.78 is 18.6. The van der Waals surface area contributed by atoms with Crippen molar-refractivity contribution in [2.24, 2.45) is 0 Å². The molecule has 0 spiro atoms. The second kappa shape index (κ2) is 15.6. The maximum Gasteiger partial charge on any atom is 0.338 e. The number of benzene rings is 4. The number of carbonyl (C=O) groups is 2. The van der Waals surface area contributed by atoms with Gasteiger partial charge in [0.2, 0.25) is 0 Å². The number of rotatable bonds is 11. The maximum absolute atomic E-state index is 12.7. The van der Waals surface area contributed by atoms with Crippen LogP contribution in [0.3, 0.4) is 0 Å². The van der Waals surface area contributed by atoms with Gasteiger partial charge in [-0.3, -0.25) is 0 Å². The lowest BCUT2D eigenvalue weighted by Crippen LogP contribution is -2.31. The number of carboxylic acid groups (broad SMARTS) is 1. The average Bonchev–Trinajstić information content (AvgIpc) is 3.12. The van der Waals surface area contributed by atoms with Crippen LogP contribution in [-0.4, -0.2) is 39.1 Å². The van der Waals surface area contributed by atoms with E-state index >= 15 is 0 Å². The predicted octanol–water partition coefficient (Wildman–Crippen LogP) is 8.05. The Balaban J connectivity index is 1.10. The van der Waals surface area contributed by atoms with Gasteiger partial charge in [0.25, 0.3) is 0 Å². The number of thioether (sulfide) groups is 1. The number of para-hydroxylation sites is 1. The number of aromatic nitrogens is 1. The number of nitrogens with zero attached hydrogens (tertiary/aromatic N) is 1. The Morgan fingerprint density at radius 1 is 0.792 bits per heavy atom. The number of anilines is 2. The maximum atomic E-state index is 12.7. The smallest absolute Gasteiger partial charge is 0.338 e. The first-order valence-corrected chi connectivity index (χ1v) is 16.2. The molecule has 4 N–H and O–H groups in total. The zero-order valence-electron chi connectivity index (χ0n) is 25.7. The molecule has 1 saturated heterocycles. The van der Waals surface area contributed by atoms with E-state index in [1.807, 2.05) is 66.7 Å². The lowest BCUT2D eigenvalue weighted by atomic mass is 10.0. The number of hydrogen-bond acceptors (Lipinski definition) is 8. The summed E-state index contributed by atoms with van der Waals surface area (Å²) in [5.74, 6) is 0.805. The molecule has 0 radical (unpaired) electrons. The molecular weight excluding hydrogens is 630 g/mol. The minimum atomic E-state index is -1.04. The molecule has 1 aromatic heterocycles. The number of aromatic carboxylic acids is 1. The molecule has 2 heterocycles. The van der Waals surface area contributed by atoms with Crippen molar-refractivity contribution < 1.29 is 34.0 Å². The molecular formula is C37H33N3O7S. The monoisotopic (exact) mass is 663 g/mol. The lowest BCUT2D eigenvalue weighted by Gasteiger charge is -2.36. The van der Waals surface area contributed by atoms with Gasteiger partial charge in [0.05, 0.1) is 24.4 Å². The van der Waals surface area contributed by atoms with E-state index in [9.17, 15) is 19.8 Å². The van der Waals surface area contributed by atoms with Crippen molar-refractivity contribution in [1.82, 2.24) is 4.98 Å². The highest BCUT2D eigenvalue weighted by Gasteiger charge is 2.32. The summed E-state index contributed by atoms with van der Waals surface area (Å²) in [5, 5.41) is 25.1. The lowest BCUT2D eigenvalue weighted by molar-refractivity contribution is -0.245. The normalized spacial score (nSPS) is 17.3. The van der Waals surface area contributed by atoms with Crippen LogP contribution in [0.25, 0.3) is 0 Å². The first-order valence-electron chi connectivity index (χ1n) is 15.3. The van der Waals surface area contributed by atoms with E-state index in [0.29, 0.717) is 34.3 Å². The summed E-state index contributed by atoms with van der Waals surface area (Å²) in [5.41, 5.74) is 3.82. The molecule has 3 atom stereocenters. The molecule has 4 aromatic carbocycles. The average molecular weight is 664 g/mol. The molecule has 0 unspecified atom stereocenters. The number of nitrogens with one attached hydrogen (secondary N) is 2. The van der Waals surface area contributed by atoms with E-state index in [-0.39, 0.29) is 24.4 Å². The van der Waals surface area contributed by atoms with Crippen molar-refractivity contribution in [2.45, 2.75) is 36.6 Å². The van der Waals surface area contributed by atoms with E-state index in [0.717, 1.165) is 22.4 Å². The summed E-state index contributed by atoms with van der Waals surface area (Å²) in [6.07, 6.45) is 0.803. The number of hydrogen-bond donors (Lipinski definition) is 4. The quantitative estimate of drug-likeness (QED) is 0.103. The van der Waals surface area contributed by atoms with Gasteiger partial charge in [-0.05, 0) is 71.8 Å². The minimum absolute atomic E-state index is 0.0544. The van der Waals surface area contributed by atoms with E-state index in [4.69, 9.17) is 14.2 Å². The van der Waals surface area contributed by atoms with Gasteiger partial charge in [-0.2, -0.15) is 0 Å². The standard InChI is InChI=1S/C37H33N3O7S/c41-22-24-8-10-25(11-9-24)33-21-31(23-48-34-32(35(42)43)7-4-20-38-34)46-36(47-33)26-12-14-27(15-13-26)39-37(44)40-28-16-18-30(19-17-28)45-29-5-2-1-3-6-29/h1-20,31,33,36,41H,21-23H2,(H,42,43)(H2,39,40,44)/t31-,33+,36+/m0/s1. The highest BCUT2D eigenvalue weighted by Crippen LogP contribution is 2.40. The van der Waals surface area contributed by atoms with Crippen LogP contribution in [0, 0.1) is 0 Å². The minimum Gasteiger partial charge on any atom is -0.478 e. The Labute approximate surface area is 281 Å². The Hall–Kier alpha value is -5.20. The highest BCUT2D eigenvalue weighted by molar-refractivity contribution is 7.99. The fourth-order valence-electron chi connectivity index (χ4n) is 5.11. The van der Waals surface area contributed by atoms with Crippen LogP contribution in [0.2, 0.25) is 0 Å². The number of aliphatic hydroxyl groups excluding tert-OH is 1. The molecule has 244 valence electrons. The molecule has 1 fully saturated rings. The second-order valence-electron chi connectivity index (χ2n) is 11.0. The van der Waals surface area contributed by atoms with Gasteiger partial charge in [0.15, 0.2) is 6.29 Å². The van der Waals surface area contributed by atoms with E-state index in [1.165, 1.54) is 17.8 Å². The Bertz CT molecular complexity index is 1820. The first kappa shape index (κ1) is 32.7. The number of urea groups is 1. The van der Waals surface area contributed by atoms with Crippen molar-refractivity contribution in [3.63, 3.8) is 0 Å². The van der Waals surface area contributed by atoms with E-state index in [2.05, 4.69) is 15.6 Å². The van der Waals surface area contributed by atoms with E-state index < -0.39 is 18.3 Å². The van der Waals surface area contributed by atoms with Gasteiger partial charge in [-0.15, -0.1) is 11.8 Å². The fraction of sp³-hybridized carbons (Fsp3) is 0.162. The van der Waals surface area contributed by atoms with Gasteiger partial charge < -0.3 is 35.1 Å². The number of carboxylic acids is 1. The summed E-state index contributed by atoms with van der Waals surface area (Å²) >= 11 is 1.33. The topological polar surface area (TPSA) is 139 Å². The van der Waals surface area contributed by atoms with Crippen LogP contribution in [0.1, 0.15) is 45.9 Å². The second-order valence-corrected chi connectivity index (χ2v) is 12.0. The first-order chi connectivity index (χ1) is 23.4. The zero-order chi connectivity index (χ0) is 33.3. The third kappa shape index (κ3) is 8.58. The van der Waals surface area contributed by atoms with Crippen LogP contribution in [0.4, 0.5) is 16.2 Å². The van der Waals surface area contributed by atoms with Crippen LogP contribution in [0.5, 0.6) is 11.5 Å². The summed E-state index contributed by atoms with van der Waals surface area (Å²) in [6.45, 7) is -0.0544. The van der Waals surface area contributed by atoms with E-state index in [1.54, 1.807) is 48.7 Å². The van der Waals surface area contributed by atoms with Crippen LogP contribution >= 0.6 is 11.8 Å². The van der Waals surface area contributed by atoms with Crippen molar-refractivity contribution in [3.05, 3.63) is 144 Å². The largest absolute Gasteiger partial charge is 0.478 e. The molecule has 6 rings (SSSR count). The number of carbonyl (C=O) groups excluding carboxylic acids is 1. The summed E-state index contributed by atoms with van der Waals surface area (Å²) in [6, 6.07) is 34.1. The molecule has 0 aliphatic carbocycles. The molecule has 2 amide bonds. The van der Waals surface area contributed by atoms with Gasteiger partial charge >= 0.3 is 12.0 Å². The van der Waals surface area contributed by atoms with Gasteiger partial charge in [0.1, 0.15) is 16.5 Å². The Morgan fingerprint density at radius 2 is 1.44 bits per heavy atom. The molecule has 1 aliphatic rings. The molecule has 11 heteroatoms. The van der Waals surface area contributed by atoms with Gasteiger partial charge in [-0.25, -0.2) is 14.6 Å². The van der Waals surface area contributed by atoms with Crippen LogP contribution < -0.4 is 15.4 Å². The van der Waals surface area contributed by atoms with Crippen LogP contribution in [-0.2, 0) is 16.1 Å². The fourth-order valence-corrected chi connectivity index (χ4v) is 6.12. The number of ether oxygens (including phenoxy) is 3. The van der Waals surface area contributed by atoms with Crippen molar-refractivity contribution >= 4 is 35.1 Å². The third-order valence-corrected chi connectivity index (χ3v) is 8.69. The molecule has 0 saturated carbocycles. The van der Waals surface area contributed by atoms with Gasteiger partial charge in [0, 0.05) is 35.3 Å². The van der Waals surface area contributed by atoms with Crippen molar-refractivity contribution in [3.8, 4) is 11.5 Å². The number of aliphatic hydroxyl groups is 1. The van der Waals surface area contributed by atoms with Crippen LogP contribution in [0.15, 0.2) is 126 Å². The SMILES string of the molecule is O=C(Nc1ccc(Oc2ccccc2)cc1)Nc1ccc([C@@H]2O[C@H](CSc3ncccc3C(=O)O)C[C@H](c3ccc(CO)cc3)O2)cc1. The van der Waals surface area contributed by atoms with Gasteiger partial charge in [-0.1, -0.05) is 54.6 Å². The highest BCUT2D eigenvalue weighted by atomic mass is 32.2. The zero-order valence-corrected chi connectivity index (χ0v) is 26.5. The molecule has 1 aliphatic heterocycles. The molecule has 5 aromatic rings. The van der Waals surface area contributed by atoms with Crippen molar-refractivity contribution in [1.29, 1.82) is 0 Å².